The summed E-state index contributed by atoms with van der Waals surface area (Å²) < 4.78 is 13.9. The lowest BCUT2D eigenvalue weighted by molar-refractivity contribution is -0.558. The second-order valence-corrected chi connectivity index (χ2v) is 5.38. The fourth-order valence-electron chi connectivity index (χ4n) is 2.79. The standard InChI is InChI=1S/C17H24NO2/c1-6-15-12(2)13(3)20-17(18(15)4)16(19-5)14-10-8-7-9-11-14/h6-13,15-16H,1H2,2-5H3/q+1/t12-,13+,15?,16?/m1/s1. The van der Waals surface area contributed by atoms with Crippen LogP contribution >= 0.6 is 0 Å². The highest BCUT2D eigenvalue weighted by Gasteiger charge is 2.41. The Morgan fingerprint density at radius 3 is 2.50 bits per heavy atom. The van der Waals surface area contributed by atoms with E-state index in [1.165, 1.54) is 0 Å². The molecule has 0 saturated carbocycles. The predicted octanol–water partition coefficient (Wildman–Crippen LogP) is 3.02. The monoisotopic (exact) mass is 274 g/mol. The lowest BCUT2D eigenvalue weighted by Crippen LogP contribution is -2.47. The van der Waals surface area contributed by atoms with Crippen LogP contribution in [-0.2, 0) is 9.47 Å². The molecule has 1 aliphatic heterocycles. The van der Waals surface area contributed by atoms with E-state index in [1.54, 1.807) is 7.11 Å². The molecule has 0 aromatic heterocycles. The Balaban J connectivity index is 2.42. The van der Waals surface area contributed by atoms with Gasteiger partial charge in [0.15, 0.2) is 6.04 Å². The normalized spacial score (nSPS) is 27.9. The van der Waals surface area contributed by atoms with Crippen LogP contribution in [0, 0.1) is 5.92 Å². The molecule has 0 fully saturated rings. The first kappa shape index (κ1) is 14.8. The fourth-order valence-corrected chi connectivity index (χ4v) is 2.79. The molecule has 0 N–H and O–H groups in total. The van der Waals surface area contributed by atoms with Gasteiger partial charge in [0.2, 0.25) is 6.10 Å². The summed E-state index contributed by atoms with van der Waals surface area (Å²) in [6.07, 6.45) is 1.95. The molecule has 2 rings (SSSR count). The van der Waals surface area contributed by atoms with E-state index in [2.05, 4.69) is 37.1 Å². The molecule has 108 valence electrons. The summed E-state index contributed by atoms with van der Waals surface area (Å²) in [5.74, 6) is 1.25. The van der Waals surface area contributed by atoms with Crippen LogP contribution in [-0.4, -0.2) is 36.8 Å². The van der Waals surface area contributed by atoms with E-state index in [0.29, 0.717) is 5.92 Å². The van der Waals surface area contributed by atoms with Crippen molar-refractivity contribution in [3.8, 4) is 0 Å². The molecule has 1 aliphatic rings. The molecular formula is C17H24NO2+. The largest absolute Gasteiger partial charge is 0.442 e. The van der Waals surface area contributed by atoms with Crippen LogP contribution in [0.1, 0.15) is 25.5 Å². The van der Waals surface area contributed by atoms with Gasteiger partial charge in [0.25, 0.3) is 0 Å². The van der Waals surface area contributed by atoms with Gasteiger partial charge in [0.1, 0.15) is 13.2 Å². The van der Waals surface area contributed by atoms with Gasteiger partial charge < -0.3 is 9.47 Å². The van der Waals surface area contributed by atoms with E-state index in [9.17, 15) is 0 Å². The second kappa shape index (κ2) is 6.23. The zero-order valence-corrected chi connectivity index (χ0v) is 12.7. The highest BCUT2D eigenvalue weighted by Crippen LogP contribution is 2.27. The molecule has 2 unspecified atom stereocenters. The van der Waals surface area contributed by atoms with Crippen molar-refractivity contribution < 1.29 is 14.0 Å². The smallest absolute Gasteiger partial charge is 0.371 e. The molecule has 1 aromatic rings. The SMILES string of the molecule is C=CC1[C@H](C)[C@H](C)OC(C(OC)c2ccccc2)=[N+]1C. The van der Waals surface area contributed by atoms with Gasteiger partial charge in [-0.05, 0) is 18.6 Å². The van der Waals surface area contributed by atoms with Crippen LogP contribution in [0.4, 0.5) is 0 Å². The Labute approximate surface area is 121 Å². The quantitative estimate of drug-likeness (QED) is 0.622. The molecule has 1 heterocycles. The molecule has 3 heteroatoms. The van der Waals surface area contributed by atoms with E-state index >= 15 is 0 Å². The van der Waals surface area contributed by atoms with Crippen molar-refractivity contribution in [1.82, 2.24) is 0 Å². The average Bonchev–Trinajstić information content (AvgIpc) is 2.47. The maximum Gasteiger partial charge on any atom is 0.371 e. The summed E-state index contributed by atoms with van der Waals surface area (Å²) in [7, 11) is 3.76. The van der Waals surface area contributed by atoms with Gasteiger partial charge in [-0.2, -0.15) is 4.58 Å². The molecule has 0 aliphatic carbocycles. The molecular weight excluding hydrogens is 250 g/mol. The van der Waals surface area contributed by atoms with Crippen LogP contribution in [0.15, 0.2) is 43.0 Å². The minimum absolute atomic E-state index is 0.144. The number of methoxy groups -OCH3 is 1. The Hall–Kier alpha value is -1.61. The minimum Gasteiger partial charge on any atom is -0.442 e. The number of likely N-dealkylation sites (N-methyl/N-ethyl adjacent to an activating group) is 1. The van der Waals surface area contributed by atoms with Gasteiger partial charge >= 0.3 is 5.90 Å². The first-order valence-electron chi connectivity index (χ1n) is 7.06. The predicted molar refractivity (Wildman–Crippen MR) is 81.1 cm³/mol. The minimum atomic E-state index is -0.182. The van der Waals surface area contributed by atoms with Crippen molar-refractivity contribution in [3.63, 3.8) is 0 Å². The number of hydrogen-bond acceptors (Lipinski definition) is 2. The maximum atomic E-state index is 6.12. The van der Waals surface area contributed by atoms with Crippen molar-refractivity contribution in [2.75, 3.05) is 14.2 Å². The third kappa shape index (κ3) is 2.63. The third-order valence-corrected chi connectivity index (χ3v) is 4.18. The Bertz CT molecular complexity index is 495. The van der Waals surface area contributed by atoms with Crippen LogP contribution in [0.25, 0.3) is 0 Å². The van der Waals surface area contributed by atoms with Gasteiger partial charge in [-0.25, -0.2) is 0 Å². The van der Waals surface area contributed by atoms with Crippen LogP contribution < -0.4 is 0 Å². The molecule has 0 bridgehead atoms. The Morgan fingerprint density at radius 2 is 1.95 bits per heavy atom. The van der Waals surface area contributed by atoms with Crippen molar-refractivity contribution in [2.45, 2.75) is 32.1 Å². The van der Waals surface area contributed by atoms with Crippen LogP contribution in [0.5, 0.6) is 0 Å². The van der Waals surface area contributed by atoms with Crippen LogP contribution in [0.2, 0.25) is 0 Å². The summed E-state index contributed by atoms with van der Waals surface area (Å²) in [6, 6.07) is 10.4. The summed E-state index contributed by atoms with van der Waals surface area (Å²) in [5.41, 5.74) is 1.10. The van der Waals surface area contributed by atoms with Crippen molar-refractivity contribution >= 4 is 5.90 Å². The highest BCUT2D eigenvalue weighted by molar-refractivity contribution is 5.78. The van der Waals surface area contributed by atoms with E-state index in [0.717, 1.165) is 11.5 Å². The maximum absolute atomic E-state index is 6.12. The molecule has 0 saturated heterocycles. The van der Waals surface area contributed by atoms with Gasteiger partial charge in [0, 0.05) is 7.11 Å². The van der Waals surface area contributed by atoms with Crippen molar-refractivity contribution in [3.05, 3.63) is 48.6 Å². The van der Waals surface area contributed by atoms with Gasteiger partial charge in [-0.15, -0.1) is 0 Å². The zero-order valence-electron chi connectivity index (χ0n) is 12.7. The molecule has 0 radical (unpaired) electrons. The Kier molecular flexibility index (Phi) is 4.61. The van der Waals surface area contributed by atoms with Crippen molar-refractivity contribution in [1.29, 1.82) is 0 Å². The average molecular weight is 274 g/mol. The van der Waals surface area contributed by atoms with Gasteiger partial charge in [-0.3, -0.25) is 0 Å². The zero-order chi connectivity index (χ0) is 14.7. The lowest BCUT2D eigenvalue weighted by Gasteiger charge is -2.32. The molecule has 0 amide bonds. The van der Waals surface area contributed by atoms with E-state index in [-0.39, 0.29) is 18.2 Å². The molecule has 1 aromatic carbocycles. The number of hydrogen-bond donors (Lipinski definition) is 0. The summed E-state index contributed by atoms with van der Waals surface area (Å²) in [6.45, 7) is 8.25. The summed E-state index contributed by atoms with van der Waals surface area (Å²) in [5, 5.41) is 0. The molecule has 0 spiro atoms. The van der Waals surface area contributed by atoms with Crippen molar-refractivity contribution in [2.24, 2.45) is 5.92 Å². The first-order chi connectivity index (χ1) is 9.60. The lowest BCUT2D eigenvalue weighted by atomic mass is 9.94. The fraction of sp³-hybridized carbons (Fsp3) is 0.471. The van der Waals surface area contributed by atoms with Crippen LogP contribution in [0.3, 0.4) is 0 Å². The van der Waals surface area contributed by atoms with Gasteiger partial charge in [0.05, 0.1) is 5.92 Å². The van der Waals surface area contributed by atoms with E-state index in [4.69, 9.17) is 9.47 Å². The summed E-state index contributed by atoms with van der Waals surface area (Å²) in [4.78, 5) is 0. The molecule has 3 nitrogen and oxygen atoms in total. The molecule has 4 atom stereocenters. The third-order valence-electron chi connectivity index (χ3n) is 4.18. The first-order valence-corrected chi connectivity index (χ1v) is 7.06. The topological polar surface area (TPSA) is 21.5 Å². The van der Waals surface area contributed by atoms with E-state index < -0.39 is 0 Å². The number of ether oxygens (including phenoxy) is 2. The second-order valence-electron chi connectivity index (χ2n) is 5.38. The Morgan fingerprint density at radius 1 is 1.30 bits per heavy atom. The van der Waals surface area contributed by atoms with E-state index in [1.807, 2.05) is 31.3 Å². The number of rotatable bonds is 4. The molecule has 20 heavy (non-hydrogen) atoms. The highest BCUT2D eigenvalue weighted by atomic mass is 16.5. The number of nitrogens with zero attached hydrogens (tertiary/aromatic N) is 1. The number of benzene rings is 1. The summed E-state index contributed by atoms with van der Waals surface area (Å²) >= 11 is 0. The van der Waals surface area contributed by atoms with Gasteiger partial charge in [-0.1, -0.05) is 43.8 Å².